The first-order chi connectivity index (χ1) is 7.28. The summed E-state index contributed by atoms with van der Waals surface area (Å²) in [6.07, 6.45) is 6.24. The summed E-state index contributed by atoms with van der Waals surface area (Å²) < 4.78 is 0. The second-order valence-electron chi connectivity index (χ2n) is 4.27. The Bertz CT molecular complexity index is 330. The number of anilines is 1. The smallest absolute Gasteiger partial charge is 0.130 e. The Labute approximate surface area is 91.3 Å². The van der Waals surface area contributed by atoms with Crippen molar-refractivity contribution in [3.05, 3.63) is 17.6 Å². The summed E-state index contributed by atoms with van der Waals surface area (Å²) in [5.41, 5.74) is 1.13. The number of nitrogens with one attached hydrogen (secondary N) is 1. The van der Waals surface area contributed by atoms with Crippen LogP contribution in [0.15, 0.2) is 6.07 Å². The fourth-order valence-corrected chi connectivity index (χ4v) is 2.16. The maximum absolute atomic E-state index is 4.42. The Morgan fingerprint density at radius 3 is 2.73 bits per heavy atom. The van der Waals surface area contributed by atoms with Gasteiger partial charge in [-0.05, 0) is 26.2 Å². The first kappa shape index (κ1) is 10.4. The highest BCUT2D eigenvalue weighted by molar-refractivity contribution is 5.37. The van der Waals surface area contributed by atoms with Gasteiger partial charge in [-0.3, -0.25) is 0 Å². The summed E-state index contributed by atoms with van der Waals surface area (Å²) in [6, 6.07) is 2.70. The Morgan fingerprint density at radius 2 is 2.07 bits per heavy atom. The highest BCUT2D eigenvalue weighted by Gasteiger charge is 2.15. The highest BCUT2D eigenvalue weighted by atomic mass is 15.0. The van der Waals surface area contributed by atoms with Crippen LogP contribution in [0, 0.1) is 6.92 Å². The van der Waals surface area contributed by atoms with Gasteiger partial charge in [-0.2, -0.15) is 0 Å². The van der Waals surface area contributed by atoms with Crippen LogP contribution in [0.5, 0.6) is 0 Å². The first-order valence-electron chi connectivity index (χ1n) is 5.89. The summed E-state index contributed by atoms with van der Waals surface area (Å²) in [4.78, 5) is 8.80. The normalized spacial score (nSPS) is 16.9. The van der Waals surface area contributed by atoms with E-state index in [-0.39, 0.29) is 0 Å². The number of nitrogens with zero attached hydrogens (tertiary/aromatic N) is 2. The molecular weight excluding hydrogens is 186 g/mol. The predicted molar refractivity (Wildman–Crippen MR) is 62.0 cm³/mol. The van der Waals surface area contributed by atoms with Gasteiger partial charge < -0.3 is 5.32 Å². The van der Waals surface area contributed by atoms with Crippen molar-refractivity contribution in [3.8, 4) is 0 Å². The molecule has 3 heteroatoms. The standard InChI is InChI=1S/C12H19N3/c1-3-10-8-12(14-9(2)13-10)15-11-6-4-5-7-11/h8,11H,3-7H2,1-2H3,(H,13,14,15). The molecule has 82 valence electrons. The fraction of sp³-hybridized carbons (Fsp3) is 0.667. The number of aryl methyl sites for hydroxylation is 2. The third-order valence-electron chi connectivity index (χ3n) is 2.96. The zero-order valence-corrected chi connectivity index (χ0v) is 9.58. The molecule has 1 N–H and O–H groups in total. The Kier molecular flexibility index (Phi) is 3.19. The van der Waals surface area contributed by atoms with E-state index in [1.54, 1.807) is 0 Å². The Hall–Kier alpha value is -1.12. The van der Waals surface area contributed by atoms with Crippen molar-refractivity contribution in [3.63, 3.8) is 0 Å². The molecule has 1 aliphatic rings. The van der Waals surface area contributed by atoms with Gasteiger partial charge >= 0.3 is 0 Å². The van der Waals surface area contributed by atoms with E-state index in [4.69, 9.17) is 0 Å². The van der Waals surface area contributed by atoms with E-state index in [1.807, 2.05) is 6.92 Å². The topological polar surface area (TPSA) is 37.8 Å². The lowest BCUT2D eigenvalue weighted by molar-refractivity contribution is 0.747. The van der Waals surface area contributed by atoms with E-state index in [9.17, 15) is 0 Å². The van der Waals surface area contributed by atoms with E-state index < -0.39 is 0 Å². The first-order valence-corrected chi connectivity index (χ1v) is 5.89. The number of rotatable bonds is 3. The van der Waals surface area contributed by atoms with Crippen LogP contribution in [0.2, 0.25) is 0 Å². The van der Waals surface area contributed by atoms with Crippen LogP contribution in [-0.2, 0) is 6.42 Å². The van der Waals surface area contributed by atoms with Crippen molar-refractivity contribution >= 4 is 5.82 Å². The molecule has 1 heterocycles. The van der Waals surface area contributed by atoms with Crippen LogP contribution in [0.25, 0.3) is 0 Å². The molecule has 0 radical (unpaired) electrons. The summed E-state index contributed by atoms with van der Waals surface area (Å²) >= 11 is 0. The minimum absolute atomic E-state index is 0.629. The number of hydrogen-bond acceptors (Lipinski definition) is 3. The van der Waals surface area contributed by atoms with Gasteiger partial charge in [-0.25, -0.2) is 9.97 Å². The van der Waals surface area contributed by atoms with E-state index in [0.717, 1.165) is 23.8 Å². The summed E-state index contributed by atoms with van der Waals surface area (Å²) in [6.45, 7) is 4.08. The lowest BCUT2D eigenvalue weighted by Gasteiger charge is -2.13. The van der Waals surface area contributed by atoms with Crippen molar-refractivity contribution in [1.82, 2.24) is 9.97 Å². The van der Waals surface area contributed by atoms with Gasteiger partial charge in [0.1, 0.15) is 11.6 Å². The van der Waals surface area contributed by atoms with Crippen molar-refractivity contribution in [1.29, 1.82) is 0 Å². The molecule has 0 amide bonds. The van der Waals surface area contributed by atoms with Crippen molar-refractivity contribution in [2.45, 2.75) is 52.0 Å². The maximum atomic E-state index is 4.42. The predicted octanol–water partition coefficient (Wildman–Crippen LogP) is 2.70. The highest BCUT2D eigenvalue weighted by Crippen LogP contribution is 2.21. The van der Waals surface area contributed by atoms with Gasteiger partial charge in [0.05, 0.1) is 0 Å². The van der Waals surface area contributed by atoms with Gasteiger partial charge in [0.25, 0.3) is 0 Å². The number of aromatic nitrogens is 2. The minimum Gasteiger partial charge on any atom is -0.367 e. The molecule has 0 unspecified atom stereocenters. The van der Waals surface area contributed by atoms with E-state index >= 15 is 0 Å². The quantitative estimate of drug-likeness (QED) is 0.824. The fourth-order valence-electron chi connectivity index (χ4n) is 2.16. The molecule has 1 saturated carbocycles. The zero-order valence-electron chi connectivity index (χ0n) is 9.58. The average Bonchev–Trinajstić information content (AvgIpc) is 2.69. The maximum Gasteiger partial charge on any atom is 0.130 e. The molecule has 0 saturated heterocycles. The van der Waals surface area contributed by atoms with Gasteiger partial charge in [0.2, 0.25) is 0 Å². The zero-order chi connectivity index (χ0) is 10.7. The number of hydrogen-bond donors (Lipinski definition) is 1. The van der Waals surface area contributed by atoms with Crippen LogP contribution in [0.3, 0.4) is 0 Å². The largest absolute Gasteiger partial charge is 0.367 e. The van der Waals surface area contributed by atoms with Crippen LogP contribution in [-0.4, -0.2) is 16.0 Å². The molecular formula is C12H19N3. The molecule has 15 heavy (non-hydrogen) atoms. The van der Waals surface area contributed by atoms with E-state index in [1.165, 1.54) is 25.7 Å². The van der Waals surface area contributed by atoms with Crippen LogP contribution in [0.4, 0.5) is 5.82 Å². The third kappa shape index (κ3) is 2.67. The molecule has 0 spiro atoms. The molecule has 1 aliphatic carbocycles. The average molecular weight is 205 g/mol. The Morgan fingerprint density at radius 1 is 1.33 bits per heavy atom. The van der Waals surface area contributed by atoms with Gasteiger partial charge in [0.15, 0.2) is 0 Å². The SMILES string of the molecule is CCc1cc(NC2CCCC2)nc(C)n1. The van der Waals surface area contributed by atoms with Gasteiger partial charge in [0, 0.05) is 17.8 Å². The lowest BCUT2D eigenvalue weighted by atomic mass is 10.2. The summed E-state index contributed by atoms with van der Waals surface area (Å²) in [7, 11) is 0. The molecule has 1 aromatic heterocycles. The molecule has 0 aliphatic heterocycles. The molecule has 0 aromatic carbocycles. The third-order valence-corrected chi connectivity index (χ3v) is 2.96. The van der Waals surface area contributed by atoms with Gasteiger partial charge in [-0.15, -0.1) is 0 Å². The minimum atomic E-state index is 0.629. The van der Waals surface area contributed by atoms with E-state index in [0.29, 0.717) is 6.04 Å². The summed E-state index contributed by atoms with van der Waals surface area (Å²) in [5.74, 6) is 1.88. The van der Waals surface area contributed by atoms with Crippen molar-refractivity contribution in [2.24, 2.45) is 0 Å². The van der Waals surface area contributed by atoms with Crippen LogP contribution >= 0.6 is 0 Å². The molecule has 2 rings (SSSR count). The van der Waals surface area contributed by atoms with Crippen LogP contribution in [0.1, 0.15) is 44.1 Å². The van der Waals surface area contributed by atoms with E-state index in [2.05, 4.69) is 28.3 Å². The Balaban J connectivity index is 2.09. The molecule has 0 atom stereocenters. The van der Waals surface area contributed by atoms with Crippen molar-refractivity contribution in [2.75, 3.05) is 5.32 Å². The molecule has 1 aromatic rings. The summed E-state index contributed by atoms with van der Waals surface area (Å²) in [5, 5.41) is 3.51. The molecule has 1 fully saturated rings. The second kappa shape index (κ2) is 4.60. The molecule has 3 nitrogen and oxygen atoms in total. The lowest BCUT2D eigenvalue weighted by Crippen LogP contribution is -2.16. The second-order valence-corrected chi connectivity index (χ2v) is 4.27. The van der Waals surface area contributed by atoms with Gasteiger partial charge in [-0.1, -0.05) is 19.8 Å². The monoisotopic (exact) mass is 205 g/mol. The van der Waals surface area contributed by atoms with Crippen molar-refractivity contribution < 1.29 is 0 Å². The van der Waals surface area contributed by atoms with Crippen LogP contribution < -0.4 is 5.32 Å². The molecule has 0 bridgehead atoms.